The van der Waals surface area contributed by atoms with Gasteiger partial charge in [0.05, 0.1) is 23.5 Å². The van der Waals surface area contributed by atoms with E-state index in [1.807, 2.05) is 37.2 Å². The van der Waals surface area contributed by atoms with Crippen LogP contribution in [0.3, 0.4) is 0 Å². The Morgan fingerprint density at radius 1 is 1.21 bits per heavy atom. The van der Waals surface area contributed by atoms with Gasteiger partial charge in [-0.1, -0.05) is 6.07 Å². The van der Waals surface area contributed by atoms with Crippen molar-refractivity contribution in [1.82, 2.24) is 20.0 Å². The van der Waals surface area contributed by atoms with E-state index in [1.54, 1.807) is 18.3 Å². The maximum Gasteiger partial charge on any atom is 0.254 e. The number of amides is 1. The van der Waals surface area contributed by atoms with Crippen LogP contribution in [0.5, 0.6) is 11.5 Å². The molecule has 29 heavy (non-hydrogen) atoms. The van der Waals surface area contributed by atoms with Gasteiger partial charge in [-0.25, -0.2) is 9.07 Å². The second kappa shape index (κ2) is 7.92. The number of fused-ring (bicyclic) bond motifs is 1. The highest BCUT2D eigenvalue weighted by Crippen LogP contribution is 2.34. The zero-order chi connectivity index (χ0) is 20.4. The highest BCUT2D eigenvalue weighted by molar-refractivity contribution is 5.93. The van der Waals surface area contributed by atoms with Crippen LogP contribution in [0.1, 0.15) is 22.0 Å². The zero-order valence-corrected chi connectivity index (χ0v) is 16.1. The summed E-state index contributed by atoms with van der Waals surface area (Å²) in [5, 5.41) is 7.14. The number of carbonyl (C=O) groups excluding carboxylic acids is 1. The fraction of sp³-hybridized carbons (Fsp3) is 0.238. The van der Waals surface area contributed by atoms with E-state index in [4.69, 9.17) is 9.47 Å². The summed E-state index contributed by atoms with van der Waals surface area (Å²) in [6.45, 7) is 0.632. The van der Waals surface area contributed by atoms with Crippen LogP contribution in [0.25, 0.3) is 5.69 Å². The molecule has 0 saturated carbocycles. The van der Waals surface area contributed by atoms with Crippen molar-refractivity contribution >= 4 is 5.91 Å². The molecule has 1 aliphatic heterocycles. The Bertz CT molecular complexity index is 1020. The molecule has 4 rings (SSSR count). The van der Waals surface area contributed by atoms with E-state index < -0.39 is 0 Å². The average Bonchev–Trinajstić information content (AvgIpc) is 3.37. The molecule has 1 aromatic heterocycles. The third-order valence-corrected chi connectivity index (χ3v) is 4.80. The number of hydrogen-bond donors (Lipinski definition) is 1. The largest absolute Gasteiger partial charge is 0.454 e. The minimum Gasteiger partial charge on any atom is -0.454 e. The van der Waals surface area contributed by atoms with Crippen LogP contribution in [0.4, 0.5) is 4.39 Å². The minimum absolute atomic E-state index is 0.0411. The molecule has 0 spiro atoms. The highest BCUT2D eigenvalue weighted by atomic mass is 19.1. The van der Waals surface area contributed by atoms with Crippen LogP contribution in [0, 0.1) is 5.82 Å². The second-order valence-corrected chi connectivity index (χ2v) is 6.95. The molecular weight excluding hydrogens is 375 g/mol. The van der Waals surface area contributed by atoms with Crippen molar-refractivity contribution in [2.24, 2.45) is 0 Å². The van der Waals surface area contributed by atoms with Gasteiger partial charge in [-0.2, -0.15) is 5.10 Å². The topological polar surface area (TPSA) is 68.6 Å². The number of ether oxygens (including phenoxy) is 2. The second-order valence-electron chi connectivity index (χ2n) is 6.95. The van der Waals surface area contributed by atoms with Gasteiger partial charge in [0.25, 0.3) is 5.91 Å². The third kappa shape index (κ3) is 4.07. The van der Waals surface area contributed by atoms with Crippen molar-refractivity contribution < 1.29 is 18.7 Å². The Morgan fingerprint density at radius 2 is 1.97 bits per heavy atom. The summed E-state index contributed by atoms with van der Waals surface area (Å²) < 4.78 is 25.4. The lowest BCUT2D eigenvalue weighted by Gasteiger charge is -2.25. The predicted molar refractivity (Wildman–Crippen MR) is 105 cm³/mol. The summed E-state index contributed by atoms with van der Waals surface area (Å²) in [5.41, 5.74) is 2.12. The summed E-state index contributed by atoms with van der Waals surface area (Å²) in [6.07, 6.45) is 3.11. The van der Waals surface area contributed by atoms with E-state index in [9.17, 15) is 9.18 Å². The van der Waals surface area contributed by atoms with Gasteiger partial charge in [0.2, 0.25) is 6.79 Å². The predicted octanol–water partition coefficient (Wildman–Crippen LogP) is 2.77. The molecule has 0 fully saturated rings. The monoisotopic (exact) mass is 396 g/mol. The van der Waals surface area contributed by atoms with Crippen molar-refractivity contribution in [3.05, 3.63) is 71.8 Å². The summed E-state index contributed by atoms with van der Waals surface area (Å²) in [6, 6.07) is 11.6. The number of halogens is 1. The van der Waals surface area contributed by atoms with Crippen molar-refractivity contribution in [1.29, 1.82) is 0 Å². The lowest BCUT2D eigenvalue weighted by atomic mass is 10.0. The number of likely N-dealkylation sites (N-methyl/N-ethyl adjacent to an activating group) is 1. The quantitative estimate of drug-likeness (QED) is 0.694. The number of aromatic nitrogens is 2. The average molecular weight is 396 g/mol. The molecule has 0 saturated heterocycles. The molecule has 0 unspecified atom stereocenters. The zero-order valence-electron chi connectivity index (χ0n) is 16.1. The Morgan fingerprint density at radius 3 is 2.72 bits per heavy atom. The molecule has 7 nitrogen and oxygen atoms in total. The van der Waals surface area contributed by atoms with Crippen LogP contribution < -0.4 is 14.8 Å². The van der Waals surface area contributed by atoms with Crippen molar-refractivity contribution in [3.8, 4) is 17.2 Å². The molecule has 1 N–H and O–H groups in total. The number of hydrogen-bond acceptors (Lipinski definition) is 5. The van der Waals surface area contributed by atoms with Gasteiger partial charge in [-0.3, -0.25) is 4.79 Å². The molecule has 8 heteroatoms. The molecule has 150 valence electrons. The van der Waals surface area contributed by atoms with E-state index in [-0.39, 0.29) is 24.6 Å². The van der Waals surface area contributed by atoms with Gasteiger partial charge in [-0.05, 0) is 56.1 Å². The molecule has 1 amide bonds. The first kappa shape index (κ1) is 18.9. The molecule has 2 aromatic carbocycles. The number of nitrogens with one attached hydrogen (secondary N) is 1. The molecule has 1 atom stereocenters. The van der Waals surface area contributed by atoms with Crippen LogP contribution in [0.2, 0.25) is 0 Å². The van der Waals surface area contributed by atoms with Crippen LogP contribution in [-0.4, -0.2) is 48.0 Å². The number of carbonyl (C=O) groups is 1. The molecule has 0 radical (unpaired) electrons. The highest BCUT2D eigenvalue weighted by Gasteiger charge is 2.20. The van der Waals surface area contributed by atoms with Crippen LogP contribution >= 0.6 is 0 Å². The fourth-order valence-corrected chi connectivity index (χ4v) is 3.19. The first-order valence-electron chi connectivity index (χ1n) is 9.16. The SMILES string of the molecule is CN(C)[C@H](CNC(=O)c1cnn(-c2ccc(F)cc2)c1)c1ccc2c(c1)OCO2. The van der Waals surface area contributed by atoms with Crippen molar-refractivity contribution in [2.75, 3.05) is 27.4 Å². The lowest BCUT2D eigenvalue weighted by molar-refractivity contribution is 0.0942. The number of rotatable bonds is 6. The first-order chi connectivity index (χ1) is 14.0. The smallest absolute Gasteiger partial charge is 0.254 e. The maximum atomic E-state index is 13.1. The van der Waals surface area contributed by atoms with E-state index in [0.29, 0.717) is 23.5 Å². The van der Waals surface area contributed by atoms with Gasteiger partial charge in [0, 0.05) is 12.7 Å². The fourth-order valence-electron chi connectivity index (χ4n) is 3.19. The van der Waals surface area contributed by atoms with Crippen LogP contribution in [-0.2, 0) is 0 Å². The molecule has 0 bridgehead atoms. The third-order valence-electron chi connectivity index (χ3n) is 4.80. The number of nitrogens with zero attached hydrogens (tertiary/aromatic N) is 3. The van der Waals surface area contributed by atoms with Gasteiger partial charge in [-0.15, -0.1) is 0 Å². The summed E-state index contributed by atoms with van der Waals surface area (Å²) in [4.78, 5) is 14.6. The summed E-state index contributed by atoms with van der Waals surface area (Å²) >= 11 is 0. The summed E-state index contributed by atoms with van der Waals surface area (Å²) in [5.74, 6) is 0.882. The van der Waals surface area contributed by atoms with E-state index >= 15 is 0 Å². The van der Waals surface area contributed by atoms with E-state index in [0.717, 1.165) is 11.3 Å². The van der Waals surface area contributed by atoms with Gasteiger partial charge in [0.15, 0.2) is 11.5 Å². The van der Waals surface area contributed by atoms with Crippen LogP contribution in [0.15, 0.2) is 54.9 Å². The first-order valence-corrected chi connectivity index (χ1v) is 9.16. The maximum absolute atomic E-state index is 13.1. The molecule has 0 aliphatic carbocycles. The normalized spacial score (nSPS) is 13.5. The standard InChI is InChI=1S/C21H21FN4O3/c1-25(2)18(14-3-8-19-20(9-14)29-13-28-19)11-23-21(27)15-10-24-26(12-15)17-6-4-16(22)5-7-17/h3-10,12,18H,11,13H2,1-2H3,(H,23,27)/t18-/m1/s1. The molecular formula is C21H21FN4O3. The Hall–Kier alpha value is -3.39. The van der Waals surface area contributed by atoms with Gasteiger partial charge in [0.1, 0.15) is 5.82 Å². The molecule has 2 heterocycles. The van der Waals surface area contributed by atoms with Gasteiger partial charge < -0.3 is 19.7 Å². The Labute approximate surface area is 167 Å². The molecule has 1 aliphatic rings. The van der Waals surface area contributed by atoms with Gasteiger partial charge >= 0.3 is 0 Å². The van der Waals surface area contributed by atoms with Crippen molar-refractivity contribution in [3.63, 3.8) is 0 Å². The summed E-state index contributed by atoms with van der Waals surface area (Å²) in [7, 11) is 3.90. The van der Waals surface area contributed by atoms with E-state index in [2.05, 4.69) is 10.4 Å². The Balaban J connectivity index is 1.44. The number of benzene rings is 2. The lowest BCUT2D eigenvalue weighted by Crippen LogP contribution is -2.34. The Kier molecular flexibility index (Phi) is 5.18. The minimum atomic E-state index is -0.322. The van der Waals surface area contributed by atoms with Crippen molar-refractivity contribution in [2.45, 2.75) is 6.04 Å². The van der Waals surface area contributed by atoms with E-state index in [1.165, 1.54) is 23.0 Å². The molecule has 3 aromatic rings.